The van der Waals surface area contributed by atoms with Crippen LogP contribution in [0.25, 0.3) is 10.9 Å². The van der Waals surface area contributed by atoms with Crippen molar-refractivity contribution >= 4 is 34.5 Å². The predicted octanol–water partition coefficient (Wildman–Crippen LogP) is 1.28. The fourth-order valence-electron chi connectivity index (χ4n) is 3.67. The first kappa shape index (κ1) is 23.2. The lowest BCUT2D eigenvalue weighted by Crippen LogP contribution is -2.56. The van der Waals surface area contributed by atoms with Crippen molar-refractivity contribution in [3.63, 3.8) is 0 Å². The first-order valence-corrected chi connectivity index (χ1v) is 10.6. The van der Waals surface area contributed by atoms with Gasteiger partial charge >= 0.3 is 0 Å². The Morgan fingerprint density at radius 2 is 2.00 bits per heavy atom. The van der Waals surface area contributed by atoms with E-state index in [4.69, 9.17) is 0 Å². The van der Waals surface area contributed by atoms with Gasteiger partial charge in [-0.25, -0.2) is 4.39 Å². The largest absolute Gasteiger partial charge is 0.356 e. The normalized spacial score (nSPS) is 16.6. The Kier molecular flexibility index (Phi) is 7.45. The topological polar surface area (TPSA) is 123 Å². The van der Waals surface area contributed by atoms with Gasteiger partial charge < -0.3 is 15.6 Å². The number of carbonyl (C=O) groups is 4. The van der Waals surface area contributed by atoms with Gasteiger partial charge in [0.15, 0.2) is 6.67 Å². The number of hydrazine groups is 1. The molecule has 3 rings (SSSR count). The Labute approximate surface area is 185 Å². The molecule has 0 radical (unpaired) electrons. The highest BCUT2D eigenvalue weighted by Crippen LogP contribution is 2.16. The summed E-state index contributed by atoms with van der Waals surface area (Å²) < 4.78 is 13.1. The smallest absolute Gasteiger partial charge is 0.272 e. The van der Waals surface area contributed by atoms with Crippen molar-refractivity contribution in [3.8, 4) is 0 Å². The van der Waals surface area contributed by atoms with Gasteiger partial charge in [0.2, 0.25) is 5.91 Å². The first-order chi connectivity index (χ1) is 15.3. The number of nitrogens with zero attached hydrogens (tertiary/aromatic N) is 1. The van der Waals surface area contributed by atoms with Crippen LogP contribution in [0.15, 0.2) is 30.3 Å². The van der Waals surface area contributed by atoms with Crippen molar-refractivity contribution in [2.75, 3.05) is 19.8 Å². The third-order valence-electron chi connectivity index (χ3n) is 5.33. The number of halogens is 1. The molecule has 4 N–H and O–H groups in total. The van der Waals surface area contributed by atoms with Crippen LogP contribution in [0.1, 0.15) is 37.2 Å². The molecule has 1 aromatic heterocycles. The van der Waals surface area contributed by atoms with Gasteiger partial charge in [-0.15, -0.1) is 0 Å². The maximum atomic E-state index is 13.1. The molecule has 2 atom stereocenters. The van der Waals surface area contributed by atoms with E-state index in [1.807, 2.05) is 38.1 Å². The number of H-pyrrole nitrogens is 1. The molecule has 0 bridgehead atoms. The average molecular weight is 445 g/mol. The van der Waals surface area contributed by atoms with Gasteiger partial charge in [0.1, 0.15) is 11.7 Å². The number of amides is 4. The van der Waals surface area contributed by atoms with Crippen molar-refractivity contribution in [2.45, 2.75) is 32.7 Å². The van der Waals surface area contributed by atoms with Crippen LogP contribution < -0.4 is 16.1 Å². The number of carbonyl (C=O) groups excluding carboxylic acids is 4. The van der Waals surface area contributed by atoms with Crippen LogP contribution >= 0.6 is 0 Å². The van der Waals surface area contributed by atoms with Gasteiger partial charge in [0.05, 0.1) is 12.5 Å². The summed E-state index contributed by atoms with van der Waals surface area (Å²) in [6.45, 7) is 2.80. The third-order valence-corrected chi connectivity index (χ3v) is 5.33. The molecule has 172 valence electrons. The van der Waals surface area contributed by atoms with Gasteiger partial charge in [-0.05, 0) is 30.9 Å². The molecule has 1 fully saturated rings. The number of hydrogen-bond donors (Lipinski definition) is 4. The summed E-state index contributed by atoms with van der Waals surface area (Å²) in [6.07, 6.45) is 0.788. The maximum Gasteiger partial charge on any atom is 0.272 e. The Bertz CT molecular complexity index is 972. The highest BCUT2D eigenvalue weighted by molar-refractivity contribution is 6.00. The Balaban J connectivity index is 1.72. The summed E-state index contributed by atoms with van der Waals surface area (Å²) in [5.41, 5.74) is 3.49. The molecule has 0 unspecified atom stereocenters. The minimum atomic E-state index is -1.31. The molecule has 4 amide bonds. The average Bonchev–Trinajstić information content (AvgIpc) is 3.37. The van der Waals surface area contributed by atoms with Crippen LogP contribution in [-0.2, 0) is 14.4 Å². The van der Waals surface area contributed by atoms with E-state index in [1.165, 1.54) is 0 Å². The van der Waals surface area contributed by atoms with Crippen LogP contribution in [-0.4, -0.2) is 59.4 Å². The summed E-state index contributed by atoms with van der Waals surface area (Å²) >= 11 is 0. The van der Waals surface area contributed by atoms with Gasteiger partial charge in [0, 0.05) is 17.4 Å². The zero-order chi connectivity index (χ0) is 23.3. The fraction of sp³-hybridized carbons (Fsp3) is 0.455. The van der Waals surface area contributed by atoms with Gasteiger partial charge in [-0.2, -0.15) is 0 Å². The van der Waals surface area contributed by atoms with Crippen LogP contribution in [0.3, 0.4) is 0 Å². The molecule has 0 aliphatic carbocycles. The molecule has 0 saturated carbocycles. The lowest BCUT2D eigenvalue weighted by Gasteiger charge is -2.27. The predicted molar refractivity (Wildman–Crippen MR) is 116 cm³/mol. The summed E-state index contributed by atoms with van der Waals surface area (Å²) in [5, 5.41) is 7.03. The van der Waals surface area contributed by atoms with Crippen LogP contribution in [0, 0.1) is 11.8 Å². The van der Waals surface area contributed by atoms with Crippen LogP contribution in [0.4, 0.5) is 4.39 Å². The second kappa shape index (κ2) is 10.3. The monoisotopic (exact) mass is 445 g/mol. The zero-order valence-corrected chi connectivity index (χ0v) is 18.1. The number of fused-ring (bicyclic) bond motifs is 1. The van der Waals surface area contributed by atoms with E-state index in [0.717, 1.165) is 15.9 Å². The molecular weight excluding hydrogens is 417 g/mol. The lowest BCUT2D eigenvalue weighted by molar-refractivity contribution is -0.144. The summed E-state index contributed by atoms with van der Waals surface area (Å²) in [4.78, 5) is 52.6. The minimum Gasteiger partial charge on any atom is -0.356 e. The zero-order valence-electron chi connectivity index (χ0n) is 18.1. The van der Waals surface area contributed by atoms with Gasteiger partial charge in [-0.3, -0.25) is 29.6 Å². The molecular formula is C22H28FN5O4. The maximum absolute atomic E-state index is 13.1. The molecule has 1 aliphatic heterocycles. The molecule has 1 aromatic carbocycles. The van der Waals surface area contributed by atoms with Crippen molar-refractivity contribution in [1.29, 1.82) is 0 Å². The number of alkyl halides is 1. The van der Waals surface area contributed by atoms with E-state index in [9.17, 15) is 23.6 Å². The summed E-state index contributed by atoms with van der Waals surface area (Å²) in [6, 6.07) is 8.13. The van der Waals surface area contributed by atoms with E-state index in [-0.39, 0.29) is 18.4 Å². The summed E-state index contributed by atoms with van der Waals surface area (Å²) in [5.74, 6) is -2.80. The number of rotatable bonds is 8. The van der Waals surface area contributed by atoms with E-state index in [1.54, 1.807) is 6.07 Å². The number of hydrogen-bond acceptors (Lipinski definition) is 4. The number of nitrogens with one attached hydrogen (secondary N) is 4. The van der Waals surface area contributed by atoms with Gasteiger partial charge in [0.25, 0.3) is 17.7 Å². The molecule has 9 nitrogen and oxygen atoms in total. The molecule has 2 heterocycles. The van der Waals surface area contributed by atoms with Crippen molar-refractivity contribution < 1.29 is 23.6 Å². The SMILES string of the molecule is CC(C)C[C@@H](NC(=O)c1cc2ccccc2[nH]1)C(=O)NN(C[C@H]1CCNC1=O)C(=O)CF. The van der Waals surface area contributed by atoms with Gasteiger partial charge in [-0.1, -0.05) is 32.0 Å². The molecule has 1 saturated heterocycles. The van der Waals surface area contributed by atoms with Crippen molar-refractivity contribution in [1.82, 2.24) is 26.1 Å². The Morgan fingerprint density at radius 1 is 1.25 bits per heavy atom. The lowest BCUT2D eigenvalue weighted by atomic mass is 10.0. The summed E-state index contributed by atoms with van der Waals surface area (Å²) in [7, 11) is 0. The highest BCUT2D eigenvalue weighted by Gasteiger charge is 2.31. The molecule has 0 spiro atoms. The van der Waals surface area contributed by atoms with Crippen molar-refractivity contribution in [3.05, 3.63) is 36.0 Å². The molecule has 1 aliphatic rings. The standard InChI is InChI=1S/C22H28FN5O4/c1-13(2)9-17(26-21(31)18-10-14-5-3-4-6-16(14)25-18)22(32)27-28(19(29)11-23)12-15-7-8-24-20(15)30/h3-6,10,13,15,17,25H,7-9,11-12H2,1-2H3,(H,24,30)(H,26,31)(H,27,32)/t15-,17-/m1/s1. The molecule has 32 heavy (non-hydrogen) atoms. The van der Waals surface area contributed by atoms with E-state index in [2.05, 4.69) is 21.0 Å². The fourth-order valence-corrected chi connectivity index (χ4v) is 3.67. The van der Waals surface area contributed by atoms with Crippen molar-refractivity contribution in [2.24, 2.45) is 11.8 Å². The van der Waals surface area contributed by atoms with Crippen LogP contribution in [0.2, 0.25) is 0 Å². The second-order valence-electron chi connectivity index (χ2n) is 8.32. The Hall–Kier alpha value is -3.43. The third kappa shape index (κ3) is 5.63. The van der Waals surface area contributed by atoms with E-state index < -0.39 is 36.4 Å². The molecule has 2 aromatic rings. The van der Waals surface area contributed by atoms with E-state index >= 15 is 0 Å². The molecule has 10 heteroatoms. The quantitative estimate of drug-likeness (QED) is 0.457. The first-order valence-electron chi connectivity index (χ1n) is 10.6. The number of aromatic nitrogens is 1. The van der Waals surface area contributed by atoms with E-state index in [0.29, 0.717) is 25.1 Å². The van der Waals surface area contributed by atoms with Crippen LogP contribution in [0.5, 0.6) is 0 Å². The number of para-hydroxylation sites is 1. The second-order valence-corrected chi connectivity index (χ2v) is 8.32. The Morgan fingerprint density at radius 3 is 2.62 bits per heavy atom. The minimum absolute atomic E-state index is 0.0553. The number of benzene rings is 1. The number of aromatic amines is 1. The highest BCUT2D eigenvalue weighted by atomic mass is 19.1.